The molecule has 0 spiro atoms. The number of carbonyl (C=O) groups is 1. The van der Waals surface area contributed by atoms with Gasteiger partial charge >= 0.3 is 6.01 Å². The molecule has 2 atom stereocenters. The summed E-state index contributed by atoms with van der Waals surface area (Å²) in [5, 5.41) is 7.89. The van der Waals surface area contributed by atoms with Crippen LogP contribution in [-0.2, 0) is 4.74 Å². The van der Waals surface area contributed by atoms with Crippen LogP contribution in [0.1, 0.15) is 24.2 Å². The van der Waals surface area contributed by atoms with E-state index in [9.17, 15) is 9.18 Å². The van der Waals surface area contributed by atoms with Gasteiger partial charge in [-0.15, -0.1) is 0 Å². The Morgan fingerprint density at radius 2 is 2.00 bits per heavy atom. The molecule has 0 saturated carbocycles. The van der Waals surface area contributed by atoms with E-state index in [1.165, 1.54) is 17.0 Å². The van der Waals surface area contributed by atoms with Crippen molar-refractivity contribution in [2.45, 2.75) is 26.0 Å². The fourth-order valence-electron chi connectivity index (χ4n) is 3.99. The number of hydrogen-bond donors (Lipinski definition) is 1. The average Bonchev–Trinajstić information content (AvgIpc) is 3.34. The van der Waals surface area contributed by atoms with Crippen LogP contribution in [0.3, 0.4) is 0 Å². The van der Waals surface area contributed by atoms with Crippen molar-refractivity contribution in [3.8, 4) is 23.1 Å². The number of benzene rings is 2. The van der Waals surface area contributed by atoms with Crippen LogP contribution in [0.5, 0.6) is 11.8 Å². The number of aromatic nitrogens is 5. The van der Waals surface area contributed by atoms with Crippen LogP contribution >= 0.6 is 0 Å². The fourth-order valence-corrected chi connectivity index (χ4v) is 3.99. The lowest BCUT2D eigenvalue weighted by molar-refractivity contribution is 0.0336. The maximum atomic E-state index is 14.9. The molecule has 5 rings (SSSR count). The number of H-pyrrole nitrogens is 1. The molecule has 1 aliphatic rings. The minimum absolute atomic E-state index is 0.00714. The predicted molar refractivity (Wildman–Crippen MR) is 132 cm³/mol. The zero-order chi connectivity index (χ0) is 25.4. The zero-order valence-electron chi connectivity index (χ0n) is 20.4. The van der Waals surface area contributed by atoms with Crippen molar-refractivity contribution in [2.24, 2.45) is 0 Å². The lowest BCUT2D eigenvalue weighted by Gasteiger charge is -2.36. The fraction of sp³-hybridized carbons (Fsp3) is 0.320. The van der Waals surface area contributed by atoms with Crippen molar-refractivity contribution in [2.75, 3.05) is 32.1 Å². The SMILES string of the molecule is CC1CN(c2nc(Oc3ccc(C(=O)N(C)C)cc3F)nc(-c3ccc4[nH]ncc4c3)n2)C(C)CO1. The summed E-state index contributed by atoms with van der Waals surface area (Å²) in [4.78, 5) is 29.3. The number of ether oxygens (including phenoxy) is 2. The summed E-state index contributed by atoms with van der Waals surface area (Å²) in [7, 11) is 3.21. The monoisotopic (exact) mass is 491 g/mol. The summed E-state index contributed by atoms with van der Waals surface area (Å²) in [6.07, 6.45) is 1.71. The standard InChI is InChI=1S/C25H26FN7O3/c1-14-13-35-15(2)12-33(14)24-28-22(16-5-7-20-18(9-16)11-27-31-20)29-25(30-24)36-21-8-6-17(10-19(21)26)23(34)32(3)4/h5-11,14-15H,12-13H2,1-4H3,(H,27,31). The second-order valence-corrected chi connectivity index (χ2v) is 9.01. The smallest absolute Gasteiger partial charge is 0.327 e. The second-order valence-electron chi connectivity index (χ2n) is 9.01. The van der Waals surface area contributed by atoms with E-state index < -0.39 is 5.82 Å². The molecule has 1 aliphatic heterocycles. The average molecular weight is 492 g/mol. The lowest BCUT2D eigenvalue weighted by atomic mass is 10.1. The van der Waals surface area contributed by atoms with Gasteiger partial charge in [-0.25, -0.2) is 4.39 Å². The summed E-state index contributed by atoms with van der Waals surface area (Å²) < 4.78 is 26.4. The van der Waals surface area contributed by atoms with Crippen LogP contribution in [0.15, 0.2) is 42.6 Å². The molecule has 2 aromatic carbocycles. The summed E-state index contributed by atoms with van der Waals surface area (Å²) in [5.41, 5.74) is 1.83. The van der Waals surface area contributed by atoms with E-state index >= 15 is 0 Å². The van der Waals surface area contributed by atoms with E-state index in [0.717, 1.165) is 22.5 Å². The van der Waals surface area contributed by atoms with Crippen LogP contribution in [-0.4, -0.2) is 75.3 Å². The maximum Gasteiger partial charge on any atom is 0.327 e. The van der Waals surface area contributed by atoms with E-state index in [1.807, 2.05) is 36.9 Å². The zero-order valence-corrected chi connectivity index (χ0v) is 20.4. The Morgan fingerprint density at radius 1 is 1.17 bits per heavy atom. The number of nitrogens with zero attached hydrogens (tertiary/aromatic N) is 6. The third-order valence-electron chi connectivity index (χ3n) is 5.95. The molecule has 3 heterocycles. The van der Waals surface area contributed by atoms with E-state index in [4.69, 9.17) is 14.5 Å². The molecule has 2 unspecified atom stereocenters. The number of fused-ring (bicyclic) bond motifs is 1. The Labute approximate surface area is 207 Å². The molecule has 11 heteroatoms. The van der Waals surface area contributed by atoms with Gasteiger partial charge in [-0.05, 0) is 50.2 Å². The van der Waals surface area contributed by atoms with Gasteiger partial charge in [0, 0.05) is 37.2 Å². The Bertz CT molecular complexity index is 1420. The molecule has 4 aromatic rings. The number of anilines is 1. The number of nitrogens with one attached hydrogen (secondary N) is 1. The van der Waals surface area contributed by atoms with Gasteiger partial charge < -0.3 is 19.3 Å². The van der Waals surface area contributed by atoms with Crippen LogP contribution < -0.4 is 9.64 Å². The molecular formula is C25H26FN7O3. The van der Waals surface area contributed by atoms with E-state index in [1.54, 1.807) is 20.3 Å². The van der Waals surface area contributed by atoms with Crippen LogP contribution in [0, 0.1) is 5.82 Å². The number of halogens is 1. The van der Waals surface area contributed by atoms with Crippen molar-refractivity contribution >= 4 is 22.8 Å². The molecule has 2 aromatic heterocycles. The number of carbonyl (C=O) groups excluding carboxylic acids is 1. The lowest BCUT2D eigenvalue weighted by Crippen LogP contribution is -2.48. The van der Waals surface area contributed by atoms with Gasteiger partial charge in [-0.2, -0.15) is 20.1 Å². The Hall–Kier alpha value is -4.12. The maximum absolute atomic E-state index is 14.9. The molecule has 0 bridgehead atoms. The molecule has 10 nitrogen and oxygen atoms in total. The highest BCUT2D eigenvalue weighted by Crippen LogP contribution is 2.29. The van der Waals surface area contributed by atoms with Gasteiger partial charge in [0.1, 0.15) is 0 Å². The molecule has 0 radical (unpaired) electrons. The second kappa shape index (κ2) is 9.50. The first-order chi connectivity index (χ1) is 17.3. The highest BCUT2D eigenvalue weighted by atomic mass is 19.1. The first kappa shape index (κ1) is 23.6. The molecule has 186 valence electrons. The van der Waals surface area contributed by atoms with Gasteiger partial charge in [0.05, 0.1) is 30.5 Å². The van der Waals surface area contributed by atoms with E-state index in [0.29, 0.717) is 24.9 Å². The number of morpholine rings is 1. The van der Waals surface area contributed by atoms with E-state index in [-0.39, 0.29) is 35.4 Å². The van der Waals surface area contributed by atoms with Gasteiger partial charge in [0.2, 0.25) is 5.95 Å². The first-order valence-electron chi connectivity index (χ1n) is 11.6. The predicted octanol–water partition coefficient (Wildman–Crippen LogP) is 3.66. The quantitative estimate of drug-likeness (QED) is 0.451. The van der Waals surface area contributed by atoms with E-state index in [2.05, 4.69) is 20.2 Å². The molecule has 36 heavy (non-hydrogen) atoms. The molecular weight excluding hydrogens is 465 g/mol. The van der Waals surface area contributed by atoms with Crippen LogP contribution in [0.25, 0.3) is 22.3 Å². The largest absolute Gasteiger partial charge is 0.421 e. The number of hydrogen-bond acceptors (Lipinski definition) is 8. The molecule has 1 saturated heterocycles. The topological polar surface area (TPSA) is 109 Å². The van der Waals surface area contributed by atoms with Gasteiger partial charge in [0.15, 0.2) is 17.4 Å². The minimum atomic E-state index is -0.695. The van der Waals surface area contributed by atoms with Gasteiger partial charge in [0.25, 0.3) is 5.91 Å². The summed E-state index contributed by atoms with van der Waals surface area (Å²) >= 11 is 0. The highest BCUT2D eigenvalue weighted by molar-refractivity contribution is 5.94. The summed E-state index contributed by atoms with van der Waals surface area (Å²) in [6, 6.07) is 9.68. The van der Waals surface area contributed by atoms with Crippen molar-refractivity contribution in [3.63, 3.8) is 0 Å². The third-order valence-corrected chi connectivity index (χ3v) is 5.95. The van der Waals surface area contributed by atoms with Crippen molar-refractivity contribution in [3.05, 3.63) is 54.0 Å². The summed E-state index contributed by atoms with van der Waals surface area (Å²) in [6.45, 7) is 5.11. The molecule has 1 amide bonds. The Balaban J connectivity index is 1.55. The Morgan fingerprint density at radius 3 is 2.78 bits per heavy atom. The minimum Gasteiger partial charge on any atom is -0.421 e. The highest BCUT2D eigenvalue weighted by Gasteiger charge is 2.27. The number of aromatic amines is 1. The third kappa shape index (κ3) is 4.69. The van der Waals surface area contributed by atoms with Crippen molar-refractivity contribution < 1.29 is 18.7 Å². The number of rotatable bonds is 5. The molecule has 0 aliphatic carbocycles. The van der Waals surface area contributed by atoms with Crippen molar-refractivity contribution in [1.82, 2.24) is 30.0 Å². The van der Waals surface area contributed by atoms with Crippen LogP contribution in [0.2, 0.25) is 0 Å². The van der Waals surface area contributed by atoms with Gasteiger partial charge in [-0.1, -0.05) is 0 Å². The van der Waals surface area contributed by atoms with Gasteiger partial charge in [-0.3, -0.25) is 9.89 Å². The first-order valence-corrected chi connectivity index (χ1v) is 11.6. The molecule has 1 fully saturated rings. The summed E-state index contributed by atoms with van der Waals surface area (Å²) in [5.74, 6) is -0.314. The molecule has 1 N–H and O–H groups in total. The van der Waals surface area contributed by atoms with Crippen molar-refractivity contribution in [1.29, 1.82) is 0 Å². The number of amides is 1. The normalized spacial score (nSPS) is 17.9. The van der Waals surface area contributed by atoms with Crippen LogP contribution in [0.4, 0.5) is 10.3 Å². The Kier molecular flexibility index (Phi) is 6.23.